The van der Waals surface area contributed by atoms with Crippen LogP contribution < -0.4 is 10.6 Å². The number of aromatic carboxylic acids is 1. The third-order valence-electron chi connectivity index (χ3n) is 3.95. The van der Waals surface area contributed by atoms with Crippen LogP contribution in [0.2, 0.25) is 0 Å². The zero-order valence-corrected chi connectivity index (χ0v) is 11.9. The zero-order valence-electron chi connectivity index (χ0n) is 11.9. The number of aromatic hydroxyl groups is 1. The van der Waals surface area contributed by atoms with Gasteiger partial charge in [-0.15, -0.1) is 0 Å². The van der Waals surface area contributed by atoms with Crippen LogP contribution in [0.5, 0.6) is 5.75 Å². The van der Waals surface area contributed by atoms with Crippen LogP contribution in [0.25, 0.3) is 0 Å². The van der Waals surface area contributed by atoms with E-state index in [0.29, 0.717) is 11.6 Å². The zero-order chi connectivity index (χ0) is 15.4. The Morgan fingerprint density at radius 1 is 1.29 bits per heavy atom. The van der Waals surface area contributed by atoms with Crippen LogP contribution in [-0.4, -0.2) is 28.3 Å². The van der Waals surface area contributed by atoms with Crippen molar-refractivity contribution >= 4 is 17.7 Å². The van der Waals surface area contributed by atoms with Gasteiger partial charge < -0.3 is 20.8 Å². The molecule has 1 fully saturated rings. The second kappa shape index (κ2) is 6.47. The van der Waals surface area contributed by atoms with Gasteiger partial charge in [0, 0.05) is 11.7 Å². The molecule has 6 heteroatoms. The first-order valence-electron chi connectivity index (χ1n) is 7.11. The normalized spacial score (nSPS) is 16.4. The van der Waals surface area contributed by atoms with Crippen LogP contribution in [0.3, 0.4) is 0 Å². The van der Waals surface area contributed by atoms with E-state index < -0.39 is 5.97 Å². The number of urea groups is 1. The lowest BCUT2D eigenvalue weighted by Crippen LogP contribution is -2.39. The molecule has 1 aliphatic carbocycles. The lowest BCUT2D eigenvalue weighted by molar-refractivity contribution is 0.0693. The number of nitrogens with one attached hydrogen (secondary N) is 2. The molecule has 4 N–H and O–H groups in total. The molecule has 0 aromatic heterocycles. The van der Waals surface area contributed by atoms with Gasteiger partial charge in [-0.25, -0.2) is 9.59 Å². The van der Waals surface area contributed by atoms with Gasteiger partial charge in [-0.2, -0.15) is 0 Å². The van der Waals surface area contributed by atoms with Crippen molar-refractivity contribution < 1.29 is 19.8 Å². The van der Waals surface area contributed by atoms with Gasteiger partial charge in [0.1, 0.15) is 11.3 Å². The fraction of sp³-hybridized carbons (Fsp3) is 0.467. The summed E-state index contributed by atoms with van der Waals surface area (Å²) in [5, 5.41) is 23.8. The first-order chi connectivity index (χ1) is 9.97. The highest BCUT2D eigenvalue weighted by molar-refractivity contribution is 5.95. The van der Waals surface area contributed by atoms with Crippen LogP contribution in [0, 0.1) is 5.92 Å². The molecule has 0 saturated heterocycles. The maximum Gasteiger partial charge on any atom is 0.339 e. The van der Waals surface area contributed by atoms with Crippen LogP contribution in [0.1, 0.15) is 43.0 Å². The molecule has 1 aromatic carbocycles. The predicted molar refractivity (Wildman–Crippen MR) is 78.6 cm³/mol. The van der Waals surface area contributed by atoms with E-state index in [1.54, 1.807) is 0 Å². The minimum Gasteiger partial charge on any atom is -0.507 e. The van der Waals surface area contributed by atoms with Crippen LogP contribution in [0.4, 0.5) is 10.5 Å². The molecule has 1 aromatic rings. The monoisotopic (exact) mass is 292 g/mol. The van der Waals surface area contributed by atoms with Gasteiger partial charge in [0.25, 0.3) is 0 Å². The third-order valence-corrected chi connectivity index (χ3v) is 3.95. The fourth-order valence-electron chi connectivity index (χ4n) is 2.73. The molecule has 1 saturated carbocycles. The molecule has 0 spiro atoms. The highest BCUT2D eigenvalue weighted by Gasteiger charge is 2.22. The first-order valence-corrected chi connectivity index (χ1v) is 7.11. The minimum atomic E-state index is -1.24. The summed E-state index contributed by atoms with van der Waals surface area (Å²) >= 11 is 0. The van der Waals surface area contributed by atoms with Crippen LogP contribution in [-0.2, 0) is 0 Å². The number of anilines is 1. The molecule has 0 radical (unpaired) electrons. The molecule has 1 unspecified atom stereocenters. The summed E-state index contributed by atoms with van der Waals surface area (Å²) in [6.07, 6.45) is 4.67. The van der Waals surface area contributed by atoms with Crippen molar-refractivity contribution in [2.24, 2.45) is 5.92 Å². The third kappa shape index (κ3) is 3.87. The fourth-order valence-corrected chi connectivity index (χ4v) is 2.73. The predicted octanol–water partition coefficient (Wildman–Crippen LogP) is 2.79. The number of benzene rings is 1. The second-order valence-corrected chi connectivity index (χ2v) is 5.47. The standard InChI is InChI=1S/C15H20N2O4/c1-9(10-4-2-3-5-10)16-15(21)17-11-6-7-13(18)12(8-11)14(19)20/h6-10,18H,2-5H2,1H3,(H,19,20)(H2,16,17,21). The van der Waals surface area contributed by atoms with Gasteiger partial charge in [0.15, 0.2) is 0 Å². The molecule has 2 rings (SSSR count). The molecule has 1 aliphatic rings. The van der Waals surface area contributed by atoms with Crippen molar-refractivity contribution in [2.75, 3.05) is 5.32 Å². The largest absolute Gasteiger partial charge is 0.507 e. The highest BCUT2D eigenvalue weighted by Crippen LogP contribution is 2.27. The number of amides is 2. The summed E-state index contributed by atoms with van der Waals surface area (Å²) in [7, 11) is 0. The molecule has 21 heavy (non-hydrogen) atoms. The number of phenols is 1. The highest BCUT2D eigenvalue weighted by atomic mass is 16.4. The SMILES string of the molecule is CC(NC(=O)Nc1ccc(O)c(C(=O)O)c1)C1CCCC1. The number of carbonyl (C=O) groups is 2. The quantitative estimate of drug-likeness (QED) is 0.641. The maximum absolute atomic E-state index is 11.9. The van der Waals surface area contributed by atoms with Crippen molar-refractivity contribution in [1.29, 1.82) is 0 Å². The minimum absolute atomic E-state index is 0.0866. The van der Waals surface area contributed by atoms with E-state index in [1.165, 1.54) is 31.0 Å². The molecular formula is C15H20N2O4. The number of rotatable bonds is 4. The van der Waals surface area contributed by atoms with Crippen LogP contribution >= 0.6 is 0 Å². The van der Waals surface area contributed by atoms with Crippen molar-refractivity contribution in [3.05, 3.63) is 23.8 Å². The number of carboxylic acids is 1. The van der Waals surface area contributed by atoms with Gasteiger partial charge >= 0.3 is 12.0 Å². The molecule has 0 heterocycles. The van der Waals surface area contributed by atoms with E-state index >= 15 is 0 Å². The number of carbonyl (C=O) groups excluding carboxylic acids is 1. The van der Waals surface area contributed by atoms with Crippen molar-refractivity contribution in [1.82, 2.24) is 5.32 Å². The van der Waals surface area contributed by atoms with E-state index in [0.717, 1.165) is 12.8 Å². The van der Waals surface area contributed by atoms with Crippen molar-refractivity contribution in [3.63, 3.8) is 0 Å². The van der Waals surface area contributed by atoms with Crippen LogP contribution in [0.15, 0.2) is 18.2 Å². The topological polar surface area (TPSA) is 98.7 Å². The molecule has 0 aliphatic heterocycles. The number of carboxylic acid groups (broad SMARTS) is 1. The summed E-state index contributed by atoms with van der Waals surface area (Å²) in [6.45, 7) is 1.98. The Kier molecular flexibility index (Phi) is 4.67. The smallest absolute Gasteiger partial charge is 0.339 e. The lowest BCUT2D eigenvalue weighted by atomic mass is 10.0. The van der Waals surface area contributed by atoms with Crippen molar-refractivity contribution in [2.45, 2.75) is 38.6 Å². The van der Waals surface area contributed by atoms with Crippen molar-refractivity contribution in [3.8, 4) is 5.75 Å². The van der Waals surface area contributed by atoms with Gasteiger partial charge in [-0.3, -0.25) is 0 Å². The molecular weight excluding hydrogens is 272 g/mol. The Morgan fingerprint density at radius 2 is 1.95 bits per heavy atom. The number of hydrogen-bond acceptors (Lipinski definition) is 3. The maximum atomic E-state index is 11.9. The van der Waals surface area contributed by atoms with Gasteiger partial charge in [0.2, 0.25) is 0 Å². The summed E-state index contributed by atoms with van der Waals surface area (Å²) in [6, 6.07) is 3.67. The Morgan fingerprint density at radius 3 is 2.57 bits per heavy atom. The van der Waals surface area contributed by atoms with E-state index in [1.807, 2.05) is 6.92 Å². The Labute approximate surface area is 123 Å². The van der Waals surface area contributed by atoms with E-state index in [2.05, 4.69) is 10.6 Å². The second-order valence-electron chi connectivity index (χ2n) is 5.47. The van der Waals surface area contributed by atoms with E-state index in [-0.39, 0.29) is 23.4 Å². The average molecular weight is 292 g/mol. The lowest BCUT2D eigenvalue weighted by Gasteiger charge is -2.20. The summed E-state index contributed by atoms with van der Waals surface area (Å²) in [5.74, 6) is -1.06. The molecule has 2 amide bonds. The Hall–Kier alpha value is -2.24. The summed E-state index contributed by atoms with van der Waals surface area (Å²) in [5.41, 5.74) is 0.0953. The Balaban J connectivity index is 1.96. The Bertz CT molecular complexity index is 538. The van der Waals surface area contributed by atoms with Gasteiger partial charge in [-0.05, 0) is 43.9 Å². The molecule has 1 atom stereocenters. The molecule has 6 nitrogen and oxygen atoms in total. The number of hydrogen-bond donors (Lipinski definition) is 4. The van der Waals surface area contributed by atoms with Gasteiger partial charge in [0.05, 0.1) is 0 Å². The summed E-state index contributed by atoms with van der Waals surface area (Å²) in [4.78, 5) is 22.8. The average Bonchev–Trinajstić information content (AvgIpc) is 2.94. The van der Waals surface area contributed by atoms with E-state index in [9.17, 15) is 14.7 Å². The van der Waals surface area contributed by atoms with Gasteiger partial charge in [-0.1, -0.05) is 12.8 Å². The molecule has 0 bridgehead atoms. The molecule has 114 valence electrons. The summed E-state index contributed by atoms with van der Waals surface area (Å²) < 4.78 is 0. The van der Waals surface area contributed by atoms with E-state index in [4.69, 9.17) is 5.11 Å². The first kappa shape index (κ1) is 15.2.